The standard InChI is InChI=1S/C18H18F5N3O/c19-16(20)7-25-17(27)12-5-13-9-26(10-15(13)24-6-12)8-11-1-3-14(4-2-11)18(21,22)23/h1,3-6,11,16H,2,7-10H2,(H,25,27). The summed E-state index contributed by atoms with van der Waals surface area (Å²) in [7, 11) is 0. The summed E-state index contributed by atoms with van der Waals surface area (Å²) in [5.41, 5.74) is 1.20. The van der Waals surface area contributed by atoms with E-state index in [1.165, 1.54) is 12.3 Å². The molecule has 1 atom stereocenters. The molecule has 0 spiro atoms. The third-order valence-electron chi connectivity index (χ3n) is 4.51. The molecule has 0 saturated carbocycles. The molecule has 0 bridgehead atoms. The summed E-state index contributed by atoms with van der Waals surface area (Å²) in [6.45, 7) is 0.901. The van der Waals surface area contributed by atoms with Gasteiger partial charge >= 0.3 is 6.18 Å². The number of carbonyl (C=O) groups is 1. The van der Waals surface area contributed by atoms with E-state index >= 15 is 0 Å². The first-order valence-electron chi connectivity index (χ1n) is 8.44. The van der Waals surface area contributed by atoms with E-state index in [-0.39, 0.29) is 11.5 Å². The van der Waals surface area contributed by atoms with Crippen LogP contribution in [-0.2, 0) is 13.1 Å². The van der Waals surface area contributed by atoms with Crippen molar-refractivity contribution in [3.8, 4) is 0 Å². The Morgan fingerprint density at radius 1 is 1.33 bits per heavy atom. The molecule has 27 heavy (non-hydrogen) atoms. The number of halogens is 5. The Balaban J connectivity index is 1.56. The van der Waals surface area contributed by atoms with Crippen molar-refractivity contribution in [2.75, 3.05) is 13.1 Å². The van der Waals surface area contributed by atoms with Gasteiger partial charge < -0.3 is 5.32 Å². The second-order valence-corrected chi connectivity index (χ2v) is 6.61. The van der Waals surface area contributed by atoms with Gasteiger partial charge in [-0.3, -0.25) is 14.7 Å². The van der Waals surface area contributed by atoms with E-state index in [0.717, 1.165) is 17.3 Å². The lowest BCUT2D eigenvalue weighted by Gasteiger charge is -2.23. The second kappa shape index (κ2) is 7.75. The van der Waals surface area contributed by atoms with Crippen molar-refractivity contribution >= 4 is 5.91 Å². The molecule has 0 fully saturated rings. The van der Waals surface area contributed by atoms with Gasteiger partial charge in [-0.05, 0) is 24.0 Å². The summed E-state index contributed by atoms with van der Waals surface area (Å²) in [6.07, 6.45) is -1.39. The summed E-state index contributed by atoms with van der Waals surface area (Å²) in [5, 5.41) is 2.13. The van der Waals surface area contributed by atoms with Gasteiger partial charge in [-0.15, -0.1) is 0 Å². The number of nitrogens with one attached hydrogen (secondary N) is 1. The molecule has 1 N–H and O–H groups in total. The average Bonchev–Trinajstić information content (AvgIpc) is 3.00. The molecule has 1 aromatic rings. The number of aromatic nitrogens is 1. The first-order chi connectivity index (χ1) is 12.7. The number of amides is 1. The highest BCUT2D eigenvalue weighted by Gasteiger charge is 2.33. The van der Waals surface area contributed by atoms with Crippen LogP contribution in [0.1, 0.15) is 28.0 Å². The minimum Gasteiger partial charge on any atom is -0.346 e. The van der Waals surface area contributed by atoms with Crippen molar-refractivity contribution in [2.45, 2.75) is 32.1 Å². The molecule has 1 amide bonds. The van der Waals surface area contributed by atoms with Crippen LogP contribution >= 0.6 is 0 Å². The van der Waals surface area contributed by atoms with E-state index in [9.17, 15) is 26.7 Å². The van der Waals surface area contributed by atoms with Gasteiger partial charge in [0.05, 0.1) is 23.4 Å². The van der Waals surface area contributed by atoms with E-state index in [0.29, 0.717) is 26.1 Å². The predicted molar refractivity (Wildman–Crippen MR) is 88.1 cm³/mol. The number of nitrogens with zero attached hydrogens (tertiary/aromatic N) is 2. The van der Waals surface area contributed by atoms with Crippen molar-refractivity contribution < 1.29 is 26.7 Å². The van der Waals surface area contributed by atoms with E-state index in [1.54, 1.807) is 12.1 Å². The normalized spacial score (nSPS) is 19.9. The quantitative estimate of drug-likeness (QED) is 0.788. The molecular weight excluding hydrogens is 369 g/mol. The summed E-state index contributed by atoms with van der Waals surface area (Å²) >= 11 is 0. The molecule has 3 rings (SSSR count). The Morgan fingerprint density at radius 3 is 2.74 bits per heavy atom. The Labute approximate surface area is 152 Å². The van der Waals surface area contributed by atoms with E-state index < -0.39 is 30.6 Å². The molecule has 1 unspecified atom stereocenters. The molecule has 2 aliphatic rings. The molecule has 146 valence electrons. The number of carbonyl (C=O) groups excluding carboxylic acids is 1. The van der Waals surface area contributed by atoms with Gasteiger partial charge in [-0.25, -0.2) is 8.78 Å². The number of hydrogen-bond acceptors (Lipinski definition) is 3. The molecule has 4 nitrogen and oxygen atoms in total. The maximum Gasteiger partial charge on any atom is 0.416 e. The topological polar surface area (TPSA) is 45.2 Å². The van der Waals surface area contributed by atoms with Gasteiger partial charge in [-0.1, -0.05) is 18.2 Å². The van der Waals surface area contributed by atoms with Crippen molar-refractivity contribution in [3.63, 3.8) is 0 Å². The van der Waals surface area contributed by atoms with Crippen molar-refractivity contribution in [1.29, 1.82) is 0 Å². The lowest BCUT2D eigenvalue weighted by Crippen LogP contribution is -2.28. The van der Waals surface area contributed by atoms with Crippen LogP contribution in [0.5, 0.6) is 0 Å². The zero-order chi connectivity index (χ0) is 19.6. The first-order valence-corrected chi connectivity index (χ1v) is 8.44. The van der Waals surface area contributed by atoms with Gasteiger partial charge in [0.1, 0.15) is 0 Å². The van der Waals surface area contributed by atoms with Crippen LogP contribution in [-0.4, -0.2) is 41.5 Å². The second-order valence-electron chi connectivity index (χ2n) is 6.61. The van der Waals surface area contributed by atoms with Gasteiger partial charge in [0.15, 0.2) is 0 Å². The molecule has 1 aliphatic carbocycles. The molecule has 0 aromatic carbocycles. The lowest BCUT2D eigenvalue weighted by atomic mass is 9.96. The molecule has 9 heteroatoms. The van der Waals surface area contributed by atoms with E-state index in [1.807, 2.05) is 4.90 Å². The van der Waals surface area contributed by atoms with Crippen LogP contribution in [0.4, 0.5) is 22.0 Å². The van der Waals surface area contributed by atoms with Gasteiger partial charge in [0, 0.05) is 25.8 Å². The maximum atomic E-state index is 12.6. The van der Waals surface area contributed by atoms with E-state index in [2.05, 4.69) is 10.3 Å². The van der Waals surface area contributed by atoms with Crippen LogP contribution in [0.25, 0.3) is 0 Å². The Bertz CT molecular complexity index is 773. The van der Waals surface area contributed by atoms with Crippen molar-refractivity contribution in [3.05, 3.63) is 52.9 Å². The number of hydrogen-bond donors (Lipinski definition) is 1. The monoisotopic (exact) mass is 387 g/mol. The summed E-state index contributed by atoms with van der Waals surface area (Å²) < 4.78 is 62.3. The number of alkyl halides is 5. The molecule has 1 aromatic heterocycles. The number of pyridine rings is 1. The minimum atomic E-state index is -4.32. The fourth-order valence-electron chi connectivity index (χ4n) is 3.19. The van der Waals surface area contributed by atoms with Crippen LogP contribution in [0, 0.1) is 5.92 Å². The molecule has 0 saturated heterocycles. The zero-order valence-corrected chi connectivity index (χ0v) is 14.3. The fourth-order valence-corrected chi connectivity index (χ4v) is 3.19. The van der Waals surface area contributed by atoms with Gasteiger partial charge in [0.25, 0.3) is 12.3 Å². The predicted octanol–water partition coefficient (Wildman–Crippen LogP) is 3.46. The highest BCUT2D eigenvalue weighted by molar-refractivity contribution is 5.94. The molecule has 0 radical (unpaired) electrons. The van der Waals surface area contributed by atoms with Crippen LogP contribution in [0.15, 0.2) is 36.1 Å². The Morgan fingerprint density at radius 2 is 2.11 bits per heavy atom. The lowest BCUT2D eigenvalue weighted by molar-refractivity contribution is -0.0887. The third kappa shape index (κ3) is 4.91. The maximum absolute atomic E-state index is 12.6. The van der Waals surface area contributed by atoms with Crippen molar-refractivity contribution in [2.24, 2.45) is 5.92 Å². The number of fused-ring (bicyclic) bond motifs is 1. The summed E-state index contributed by atoms with van der Waals surface area (Å²) in [5.74, 6) is -0.636. The van der Waals surface area contributed by atoms with E-state index in [4.69, 9.17) is 0 Å². The molecule has 2 heterocycles. The highest BCUT2D eigenvalue weighted by Crippen LogP contribution is 2.32. The summed E-state index contributed by atoms with van der Waals surface area (Å²) in [6, 6.07) is 1.63. The van der Waals surface area contributed by atoms with Crippen LogP contribution in [0.2, 0.25) is 0 Å². The number of rotatable bonds is 5. The number of allylic oxidation sites excluding steroid dienone is 3. The van der Waals surface area contributed by atoms with Crippen LogP contribution in [0.3, 0.4) is 0 Å². The Hall–Kier alpha value is -2.29. The largest absolute Gasteiger partial charge is 0.416 e. The minimum absolute atomic E-state index is 0.0285. The zero-order valence-electron chi connectivity index (χ0n) is 14.3. The van der Waals surface area contributed by atoms with Crippen LogP contribution < -0.4 is 5.32 Å². The summed E-state index contributed by atoms with van der Waals surface area (Å²) in [4.78, 5) is 18.1. The first kappa shape index (κ1) is 19.5. The fraction of sp³-hybridized carbons (Fsp3) is 0.444. The Kier molecular flexibility index (Phi) is 5.59. The molecule has 1 aliphatic heterocycles. The SMILES string of the molecule is O=C(NCC(F)F)c1cnc2c(c1)CN(CC1C=CC(C(F)(F)F)=CC1)C2. The molecular formula is C18H18F5N3O. The average molecular weight is 387 g/mol. The third-order valence-corrected chi connectivity index (χ3v) is 4.51. The van der Waals surface area contributed by atoms with Gasteiger partial charge in [-0.2, -0.15) is 13.2 Å². The van der Waals surface area contributed by atoms with Gasteiger partial charge in [0.2, 0.25) is 0 Å². The highest BCUT2D eigenvalue weighted by atomic mass is 19.4. The smallest absolute Gasteiger partial charge is 0.346 e. The van der Waals surface area contributed by atoms with Crippen molar-refractivity contribution in [1.82, 2.24) is 15.2 Å².